The molecular formula is C12H14O. The van der Waals surface area contributed by atoms with E-state index in [2.05, 4.69) is 30.3 Å². The summed E-state index contributed by atoms with van der Waals surface area (Å²) in [6.07, 6.45) is 2.48. The lowest BCUT2D eigenvalue weighted by Crippen LogP contribution is -1.80. The van der Waals surface area contributed by atoms with E-state index in [4.69, 9.17) is 0 Å². The van der Waals surface area contributed by atoms with Gasteiger partial charge in [0.25, 0.3) is 0 Å². The number of carbonyl (C=O) groups excluding carboxylic acids is 1. The largest absolute Gasteiger partial charge is 0.285 e. The minimum Gasteiger partial charge on any atom is -0.285 e. The molecule has 0 aromatic rings. The van der Waals surface area contributed by atoms with Crippen LogP contribution in [0, 0.1) is 23.7 Å². The molecule has 0 aliphatic heterocycles. The van der Waals surface area contributed by atoms with Crippen molar-refractivity contribution < 1.29 is 4.79 Å². The van der Waals surface area contributed by atoms with Crippen molar-refractivity contribution in [2.75, 3.05) is 0 Å². The van der Waals surface area contributed by atoms with Crippen LogP contribution in [0.4, 0.5) is 0 Å². The van der Waals surface area contributed by atoms with Crippen LogP contribution in [0.5, 0.6) is 0 Å². The van der Waals surface area contributed by atoms with Gasteiger partial charge in [-0.15, -0.1) is 0 Å². The predicted octanol–water partition coefficient (Wildman–Crippen LogP) is 2.33. The van der Waals surface area contributed by atoms with Gasteiger partial charge >= 0.3 is 0 Å². The molecule has 13 heavy (non-hydrogen) atoms. The van der Waals surface area contributed by atoms with Crippen molar-refractivity contribution in [3.63, 3.8) is 0 Å². The molecule has 0 rings (SSSR count). The maximum absolute atomic E-state index is 10.4. The minimum atomic E-state index is -0.0759. The third-order valence-corrected chi connectivity index (χ3v) is 1.17. The summed E-state index contributed by atoms with van der Waals surface area (Å²) in [6, 6.07) is 0. The van der Waals surface area contributed by atoms with Crippen LogP contribution < -0.4 is 0 Å². The van der Waals surface area contributed by atoms with Crippen LogP contribution in [0.3, 0.4) is 0 Å². The van der Waals surface area contributed by atoms with Crippen molar-refractivity contribution in [3.05, 3.63) is 12.2 Å². The quantitative estimate of drug-likeness (QED) is 0.357. The van der Waals surface area contributed by atoms with Crippen LogP contribution >= 0.6 is 0 Å². The first-order valence-electron chi connectivity index (χ1n) is 4.26. The Morgan fingerprint density at radius 3 is 2.15 bits per heavy atom. The van der Waals surface area contributed by atoms with Gasteiger partial charge in [0.1, 0.15) is 0 Å². The van der Waals surface area contributed by atoms with Gasteiger partial charge in [-0.2, -0.15) is 0 Å². The van der Waals surface area contributed by atoms with E-state index in [-0.39, 0.29) is 5.78 Å². The lowest BCUT2D eigenvalue weighted by molar-refractivity contribution is -0.111. The molecule has 0 bridgehead atoms. The summed E-state index contributed by atoms with van der Waals surface area (Å²) in [5, 5.41) is 0. The van der Waals surface area contributed by atoms with Gasteiger partial charge < -0.3 is 0 Å². The van der Waals surface area contributed by atoms with E-state index in [0.717, 1.165) is 24.8 Å². The highest BCUT2D eigenvalue weighted by atomic mass is 16.1. The zero-order valence-electron chi connectivity index (χ0n) is 8.24. The van der Waals surface area contributed by atoms with Crippen molar-refractivity contribution in [2.45, 2.75) is 33.1 Å². The number of rotatable bonds is 2. The molecule has 0 atom stereocenters. The van der Waals surface area contributed by atoms with E-state index in [1.807, 2.05) is 6.92 Å². The summed E-state index contributed by atoms with van der Waals surface area (Å²) >= 11 is 0. The SMILES string of the molecule is C=C(C)C#CCCCC#CC(C)=O. The number of hydrogen-bond donors (Lipinski definition) is 0. The van der Waals surface area contributed by atoms with Gasteiger partial charge in [-0.25, -0.2) is 0 Å². The highest BCUT2D eigenvalue weighted by Gasteiger charge is 1.81. The fourth-order valence-electron chi connectivity index (χ4n) is 0.666. The van der Waals surface area contributed by atoms with Crippen LogP contribution in [0.1, 0.15) is 33.1 Å². The second-order valence-corrected chi connectivity index (χ2v) is 2.79. The summed E-state index contributed by atoms with van der Waals surface area (Å²) < 4.78 is 0. The third-order valence-electron chi connectivity index (χ3n) is 1.17. The van der Waals surface area contributed by atoms with Gasteiger partial charge in [-0.05, 0) is 24.8 Å². The molecule has 1 nitrogen and oxygen atoms in total. The Balaban J connectivity index is 3.51. The second kappa shape index (κ2) is 7.19. The molecule has 68 valence electrons. The van der Waals surface area contributed by atoms with Crippen LogP contribution in [0.25, 0.3) is 0 Å². The monoisotopic (exact) mass is 174 g/mol. The Morgan fingerprint density at radius 1 is 1.15 bits per heavy atom. The Labute approximate surface area is 80.2 Å². The van der Waals surface area contributed by atoms with E-state index >= 15 is 0 Å². The van der Waals surface area contributed by atoms with E-state index in [0.29, 0.717) is 0 Å². The van der Waals surface area contributed by atoms with Crippen LogP contribution in [0.15, 0.2) is 12.2 Å². The van der Waals surface area contributed by atoms with Crippen molar-refractivity contribution in [3.8, 4) is 23.7 Å². The molecule has 0 aliphatic rings. The molecule has 0 saturated heterocycles. The normalized spacial score (nSPS) is 7.54. The van der Waals surface area contributed by atoms with Gasteiger partial charge in [-0.3, -0.25) is 4.79 Å². The van der Waals surface area contributed by atoms with Crippen molar-refractivity contribution >= 4 is 5.78 Å². The van der Waals surface area contributed by atoms with Gasteiger partial charge in [-0.1, -0.05) is 24.3 Å². The third kappa shape index (κ3) is 10.5. The first kappa shape index (κ1) is 11.5. The zero-order chi connectivity index (χ0) is 10.1. The molecule has 1 heteroatoms. The Kier molecular flexibility index (Phi) is 6.38. The van der Waals surface area contributed by atoms with E-state index < -0.39 is 0 Å². The maximum atomic E-state index is 10.4. The Bertz CT molecular complexity index is 269. The predicted molar refractivity (Wildman–Crippen MR) is 54.9 cm³/mol. The summed E-state index contributed by atoms with van der Waals surface area (Å²) in [6.45, 7) is 7.01. The zero-order valence-corrected chi connectivity index (χ0v) is 8.24. The number of carbonyl (C=O) groups is 1. The molecule has 0 aliphatic carbocycles. The van der Waals surface area contributed by atoms with Crippen LogP contribution in [-0.2, 0) is 4.79 Å². The van der Waals surface area contributed by atoms with Crippen molar-refractivity contribution in [1.29, 1.82) is 0 Å². The topological polar surface area (TPSA) is 17.1 Å². The van der Waals surface area contributed by atoms with E-state index in [1.54, 1.807) is 0 Å². The van der Waals surface area contributed by atoms with Gasteiger partial charge in [0.2, 0.25) is 5.78 Å². The van der Waals surface area contributed by atoms with Crippen LogP contribution in [-0.4, -0.2) is 5.78 Å². The smallest absolute Gasteiger partial charge is 0.202 e. The average Bonchev–Trinajstić information content (AvgIpc) is 2.01. The first-order chi connectivity index (χ1) is 6.13. The number of Topliss-reactive ketones (excluding diaryl/α,β-unsaturated/α-hetero) is 1. The highest BCUT2D eigenvalue weighted by Crippen LogP contribution is 1.92. The van der Waals surface area contributed by atoms with Gasteiger partial charge in [0, 0.05) is 19.8 Å². The summed E-state index contributed by atoms with van der Waals surface area (Å²) in [7, 11) is 0. The molecule has 0 aromatic carbocycles. The van der Waals surface area contributed by atoms with E-state index in [1.165, 1.54) is 6.92 Å². The fraction of sp³-hybridized carbons (Fsp3) is 0.417. The van der Waals surface area contributed by atoms with Crippen molar-refractivity contribution in [1.82, 2.24) is 0 Å². The lowest BCUT2D eigenvalue weighted by Gasteiger charge is -1.84. The minimum absolute atomic E-state index is 0.0759. The molecular weight excluding hydrogens is 160 g/mol. The molecule has 0 N–H and O–H groups in total. The number of hydrogen-bond acceptors (Lipinski definition) is 1. The molecule has 0 heterocycles. The molecule has 0 amide bonds. The Hall–Kier alpha value is -1.47. The van der Waals surface area contributed by atoms with Gasteiger partial charge in [0.05, 0.1) is 0 Å². The molecule has 0 saturated carbocycles. The van der Waals surface area contributed by atoms with Crippen LogP contribution in [0.2, 0.25) is 0 Å². The number of allylic oxidation sites excluding steroid dienone is 1. The average molecular weight is 174 g/mol. The molecule has 0 spiro atoms. The van der Waals surface area contributed by atoms with Crippen molar-refractivity contribution in [2.24, 2.45) is 0 Å². The number of unbranched alkanes of at least 4 members (excludes halogenated alkanes) is 2. The molecule has 0 aromatic heterocycles. The summed E-state index contributed by atoms with van der Waals surface area (Å²) in [4.78, 5) is 10.4. The molecule has 0 unspecified atom stereocenters. The maximum Gasteiger partial charge on any atom is 0.202 e. The Morgan fingerprint density at radius 2 is 1.69 bits per heavy atom. The molecule has 0 radical (unpaired) electrons. The number of ketones is 1. The lowest BCUT2D eigenvalue weighted by atomic mass is 10.2. The summed E-state index contributed by atoms with van der Waals surface area (Å²) in [5.41, 5.74) is 0.884. The van der Waals surface area contributed by atoms with Gasteiger partial charge in [0.15, 0.2) is 0 Å². The summed E-state index contributed by atoms with van der Waals surface area (Å²) in [5.74, 6) is 11.1. The fourth-order valence-corrected chi connectivity index (χ4v) is 0.666. The second-order valence-electron chi connectivity index (χ2n) is 2.79. The molecule has 0 fully saturated rings. The first-order valence-corrected chi connectivity index (χ1v) is 4.26. The van der Waals surface area contributed by atoms with E-state index in [9.17, 15) is 4.79 Å². The standard InChI is InChI=1S/C12H14O/c1-11(2)9-7-5-4-6-8-10-12(3)13/h1,4-6H2,2-3H3. The highest BCUT2D eigenvalue weighted by molar-refractivity contribution is 5.93.